The normalized spacial score (nSPS) is 19.3. The molecule has 1 aliphatic carbocycles. The average Bonchev–Trinajstić information content (AvgIpc) is 3.46. The number of hydrogen-bond acceptors (Lipinski definition) is 6. The standard InChI is InChI=1S/C22H22F4N6O/c23-17-2-1-14(7-16(17)22(24,25)26)18-29-9-15(10-30-20(33)21(12-28)4-5-21)19(31-18)32-6-3-13(8-27)11-32/h1-2,7,9,13H,3-6,8,10-11,27H2,(H,30,33). The number of alkyl halides is 3. The number of nitrogens with zero attached hydrogens (tertiary/aromatic N) is 4. The van der Waals surface area contributed by atoms with E-state index in [-0.39, 0.29) is 29.8 Å². The van der Waals surface area contributed by atoms with Crippen molar-refractivity contribution in [3.05, 3.63) is 41.3 Å². The van der Waals surface area contributed by atoms with E-state index >= 15 is 0 Å². The Morgan fingerprint density at radius 1 is 1.36 bits per heavy atom. The summed E-state index contributed by atoms with van der Waals surface area (Å²) in [5.74, 6) is -1.02. The number of rotatable bonds is 6. The number of carbonyl (C=O) groups excluding carboxylic acids is 1. The van der Waals surface area contributed by atoms with E-state index in [1.165, 1.54) is 12.3 Å². The zero-order valence-corrected chi connectivity index (χ0v) is 17.6. The maximum absolute atomic E-state index is 13.7. The predicted octanol–water partition coefficient (Wildman–Crippen LogP) is 3.01. The number of nitrogens with two attached hydrogens (primary N) is 1. The topological polar surface area (TPSA) is 108 Å². The number of amides is 1. The number of halogens is 4. The second-order valence-corrected chi connectivity index (χ2v) is 8.45. The molecule has 0 radical (unpaired) electrons. The molecule has 4 rings (SSSR count). The van der Waals surface area contributed by atoms with E-state index in [9.17, 15) is 27.6 Å². The Hall–Kier alpha value is -3.26. The Labute approximate surface area is 187 Å². The zero-order valence-electron chi connectivity index (χ0n) is 17.6. The van der Waals surface area contributed by atoms with Crippen molar-refractivity contribution >= 4 is 11.7 Å². The fourth-order valence-electron chi connectivity index (χ4n) is 3.89. The minimum absolute atomic E-state index is 0.0115. The van der Waals surface area contributed by atoms with Gasteiger partial charge >= 0.3 is 6.18 Å². The summed E-state index contributed by atoms with van der Waals surface area (Å²) in [7, 11) is 0. The van der Waals surface area contributed by atoms with Gasteiger partial charge in [0.2, 0.25) is 5.91 Å². The number of nitrogens with one attached hydrogen (secondary N) is 1. The van der Waals surface area contributed by atoms with Gasteiger partial charge in [0.1, 0.15) is 17.1 Å². The quantitative estimate of drug-likeness (QED) is 0.639. The Balaban J connectivity index is 1.66. The maximum Gasteiger partial charge on any atom is 0.419 e. The van der Waals surface area contributed by atoms with E-state index in [1.807, 2.05) is 11.0 Å². The van der Waals surface area contributed by atoms with Crippen molar-refractivity contribution in [3.63, 3.8) is 0 Å². The Morgan fingerprint density at radius 2 is 2.12 bits per heavy atom. The lowest BCUT2D eigenvalue weighted by Gasteiger charge is -2.22. The van der Waals surface area contributed by atoms with Gasteiger partial charge in [-0.05, 0) is 49.9 Å². The van der Waals surface area contributed by atoms with Gasteiger partial charge in [-0.25, -0.2) is 14.4 Å². The van der Waals surface area contributed by atoms with Crippen molar-refractivity contribution < 1.29 is 22.4 Å². The van der Waals surface area contributed by atoms with E-state index in [4.69, 9.17) is 5.73 Å². The molecule has 33 heavy (non-hydrogen) atoms. The molecule has 2 aromatic rings. The third kappa shape index (κ3) is 4.61. The lowest BCUT2D eigenvalue weighted by Crippen LogP contribution is -2.32. The lowest BCUT2D eigenvalue weighted by atomic mass is 10.1. The fraction of sp³-hybridized carbons (Fsp3) is 0.455. The molecule has 2 fully saturated rings. The SMILES string of the molecule is N#CC1(C(=O)NCc2cnc(-c3ccc(F)c(C(F)(F)F)c3)nc2N2CCC(CN)C2)CC1. The number of anilines is 1. The Kier molecular flexibility index (Phi) is 5.97. The van der Waals surface area contributed by atoms with E-state index in [0.717, 1.165) is 12.5 Å². The Morgan fingerprint density at radius 3 is 2.73 bits per heavy atom. The van der Waals surface area contributed by atoms with Crippen molar-refractivity contribution in [2.45, 2.75) is 32.0 Å². The van der Waals surface area contributed by atoms with Crippen LogP contribution in [0.15, 0.2) is 24.4 Å². The summed E-state index contributed by atoms with van der Waals surface area (Å²) in [6, 6.07) is 4.66. The number of aromatic nitrogens is 2. The number of hydrogen-bond donors (Lipinski definition) is 2. The van der Waals surface area contributed by atoms with E-state index in [1.54, 1.807) is 0 Å². The van der Waals surface area contributed by atoms with Crippen LogP contribution in [0.2, 0.25) is 0 Å². The first-order valence-electron chi connectivity index (χ1n) is 10.5. The molecule has 1 aromatic heterocycles. The second kappa shape index (κ2) is 8.59. The summed E-state index contributed by atoms with van der Waals surface area (Å²) in [5, 5.41) is 12.0. The van der Waals surface area contributed by atoms with Gasteiger partial charge in [0.05, 0.1) is 11.6 Å². The highest BCUT2D eigenvalue weighted by Gasteiger charge is 2.50. The van der Waals surface area contributed by atoms with Crippen LogP contribution in [-0.4, -0.2) is 35.5 Å². The molecule has 1 aromatic carbocycles. The average molecular weight is 462 g/mol. The molecule has 2 heterocycles. The maximum atomic E-state index is 13.7. The first-order chi connectivity index (χ1) is 15.7. The van der Waals surface area contributed by atoms with Gasteiger partial charge in [0.25, 0.3) is 0 Å². The summed E-state index contributed by atoms with van der Waals surface area (Å²) in [4.78, 5) is 23.0. The molecule has 7 nitrogen and oxygen atoms in total. The van der Waals surface area contributed by atoms with Crippen LogP contribution in [0.3, 0.4) is 0 Å². The van der Waals surface area contributed by atoms with Crippen molar-refractivity contribution in [1.29, 1.82) is 5.26 Å². The van der Waals surface area contributed by atoms with Crippen LogP contribution in [0.25, 0.3) is 11.4 Å². The number of nitriles is 1. The highest BCUT2D eigenvalue weighted by Crippen LogP contribution is 2.45. The van der Waals surface area contributed by atoms with Crippen LogP contribution in [0.1, 0.15) is 30.4 Å². The van der Waals surface area contributed by atoms with Crippen molar-refractivity contribution in [3.8, 4) is 17.5 Å². The van der Waals surface area contributed by atoms with Crippen LogP contribution < -0.4 is 16.0 Å². The number of benzene rings is 1. The summed E-state index contributed by atoms with van der Waals surface area (Å²) in [5.41, 5.74) is 4.00. The molecular formula is C22H22F4N6O. The molecule has 1 saturated heterocycles. The summed E-state index contributed by atoms with van der Waals surface area (Å²) >= 11 is 0. The minimum Gasteiger partial charge on any atom is -0.356 e. The highest BCUT2D eigenvalue weighted by atomic mass is 19.4. The van der Waals surface area contributed by atoms with Gasteiger partial charge in [-0.2, -0.15) is 18.4 Å². The molecule has 0 spiro atoms. The van der Waals surface area contributed by atoms with Crippen molar-refractivity contribution in [1.82, 2.24) is 15.3 Å². The third-order valence-corrected chi connectivity index (χ3v) is 6.13. The first kappa shape index (κ1) is 22.9. The van der Waals surface area contributed by atoms with E-state index in [0.29, 0.717) is 49.9 Å². The zero-order chi connectivity index (χ0) is 23.8. The van der Waals surface area contributed by atoms with E-state index < -0.39 is 23.0 Å². The van der Waals surface area contributed by atoms with Crippen LogP contribution >= 0.6 is 0 Å². The molecule has 3 N–H and O–H groups in total. The highest BCUT2D eigenvalue weighted by molar-refractivity contribution is 5.88. The molecule has 1 saturated carbocycles. The second-order valence-electron chi connectivity index (χ2n) is 8.45. The van der Waals surface area contributed by atoms with Gasteiger partial charge in [0, 0.05) is 37.0 Å². The van der Waals surface area contributed by atoms with Crippen molar-refractivity contribution in [2.24, 2.45) is 17.1 Å². The fourth-order valence-corrected chi connectivity index (χ4v) is 3.89. The van der Waals surface area contributed by atoms with Crippen LogP contribution in [0, 0.1) is 28.5 Å². The molecule has 1 atom stereocenters. The van der Waals surface area contributed by atoms with Crippen molar-refractivity contribution in [2.75, 3.05) is 24.5 Å². The smallest absolute Gasteiger partial charge is 0.356 e. The van der Waals surface area contributed by atoms with Crippen LogP contribution in [0.5, 0.6) is 0 Å². The summed E-state index contributed by atoms with van der Waals surface area (Å²) in [6.45, 7) is 1.79. The predicted molar refractivity (Wildman–Crippen MR) is 111 cm³/mol. The van der Waals surface area contributed by atoms with E-state index in [2.05, 4.69) is 15.3 Å². The largest absolute Gasteiger partial charge is 0.419 e. The van der Waals surface area contributed by atoms with Gasteiger partial charge in [-0.3, -0.25) is 4.79 Å². The first-order valence-corrected chi connectivity index (χ1v) is 10.5. The lowest BCUT2D eigenvalue weighted by molar-refractivity contribution is -0.140. The molecule has 174 valence electrons. The molecule has 1 unspecified atom stereocenters. The van der Waals surface area contributed by atoms with Gasteiger partial charge < -0.3 is 16.0 Å². The molecule has 1 aliphatic heterocycles. The molecule has 0 bridgehead atoms. The third-order valence-electron chi connectivity index (χ3n) is 6.13. The van der Waals surface area contributed by atoms with Crippen LogP contribution in [0.4, 0.5) is 23.4 Å². The van der Waals surface area contributed by atoms with Gasteiger partial charge in [0.15, 0.2) is 5.82 Å². The molecule has 2 aliphatic rings. The minimum atomic E-state index is -4.85. The molecule has 1 amide bonds. The number of carbonyl (C=O) groups is 1. The Bertz CT molecular complexity index is 1110. The summed E-state index contributed by atoms with van der Waals surface area (Å²) in [6.07, 6.45) is -1.57. The summed E-state index contributed by atoms with van der Waals surface area (Å²) < 4.78 is 53.2. The van der Waals surface area contributed by atoms with Gasteiger partial charge in [-0.15, -0.1) is 0 Å². The molecule has 11 heteroatoms. The van der Waals surface area contributed by atoms with Crippen LogP contribution in [-0.2, 0) is 17.5 Å². The van der Waals surface area contributed by atoms with Gasteiger partial charge in [-0.1, -0.05) is 0 Å². The monoisotopic (exact) mass is 462 g/mol. The molecular weight excluding hydrogens is 440 g/mol.